The number of halogens is 1. The van der Waals surface area contributed by atoms with Gasteiger partial charge in [-0.15, -0.1) is 0 Å². The van der Waals surface area contributed by atoms with Crippen LogP contribution in [0.3, 0.4) is 0 Å². The van der Waals surface area contributed by atoms with Crippen molar-refractivity contribution >= 4 is 38.9 Å². The molecule has 2 aromatic rings. The Kier molecular flexibility index (Phi) is 7.48. The molecule has 3 rings (SSSR count). The quantitative estimate of drug-likeness (QED) is 0.424. The third-order valence-electron chi connectivity index (χ3n) is 5.66. The molecule has 1 aliphatic heterocycles. The number of rotatable bonds is 7. The van der Waals surface area contributed by atoms with Crippen molar-refractivity contribution in [3.63, 3.8) is 0 Å². The molecule has 1 amide bonds. The van der Waals surface area contributed by atoms with E-state index >= 15 is 0 Å². The van der Waals surface area contributed by atoms with Gasteiger partial charge in [0.05, 0.1) is 22.6 Å². The van der Waals surface area contributed by atoms with Gasteiger partial charge < -0.3 is 9.64 Å². The van der Waals surface area contributed by atoms with Crippen LogP contribution in [0, 0.1) is 23.0 Å². The van der Waals surface area contributed by atoms with Crippen LogP contribution in [-0.2, 0) is 14.8 Å². The van der Waals surface area contributed by atoms with Gasteiger partial charge in [0.15, 0.2) is 0 Å². The van der Waals surface area contributed by atoms with Crippen LogP contribution in [-0.4, -0.2) is 50.9 Å². The molecule has 0 N–H and O–H groups in total. The number of nitro groups is 1. The summed E-state index contributed by atoms with van der Waals surface area (Å²) in [6, 6.07) is 8.10. The van der Waals surface area contributed by atoms with E-state index in [0.717, 1.165) is 23.2 Å². The summed E-state index contributed by atoms with van der Waals surface area (Å²) < 4.78 is 33.7. The molecule has 11 heteroatoms. The maximum absolute atomic E-state index is 13.7. The molecular formula is C22H26ClN3O6S. The van der Waals surface area contributed by atoms with E-state index in [1.165, 1.54) is 38.3 Å². The van der Waals surface area contributed by atoms with Crippen molar-refractivity contribution in [1.82, 2.24) is 4.90 Å². The van der Waals surface area contributed by atoms with Crippen molar-refractivity contribution in [2.75, 3.05) is 31.0 Å². The van der Waals surface area contributed by atoms with Crippen LogP contribution < -0.4 is 9.04 Å². The fourth-order valence-electron chi connectivity index (χ4n) is 3.87. The first-order valence-corrected chi connectivity index (χ1v) is 12.3. The average molecular weight is 496 g/mol. The number of likely N-dealkylation sites (tertiary alicyclic amines) is 1. The summed E-state index contributed by atoms with van der Waals surface area (Å²) in [5, 5.41) is 11.6. The van der Waals surface area contributed by atoms with Gasteiger partial charge >= 0.3 is 0 Å². The van der Waals surface area contributed by atoms with Gasteiger partial charge in [-0.1, -0.05) is 24.6 Å². The third-order valence-corrected chi connectivity index (χ3v) is 7.65. The Morgan fingerprint density at radius 2 is 2.03 bits per heavy atom. The highest BCUT2D eigenvalue weighted by molar-refractivity contribution is 7.92. The van der Waals surface area contributed by atoms with Crippen LogP contribution in [0.15, 0.2) is 41.3 Å². The molecule has 1 aliphatic rings. The lowest BCUT2D eigenvalue weighted by atomic mass is 10.0. The van der Waals surface area contributed by atoms with Crippen molar-refractivity contribution in [2.45, 2.75) is 31.6 Å². The van der Waals surface area contributed by atoms with Crippen LogP contribution in [0.4, 0.5) is 11.4 Å². The van der Waals surface area contributed by atoms with Crippen LogP contribution in [0.1, 0.15) is 25.3 Å². The maximum atomic E-state index is 13.7. The maximum Gasteiger partial charge on any atom is 0.273 e. The second kappa shape index (κ2) is 9.96. The molecule has 0 saturated carbocycles. The number of benzene rings is 2. The van der Waals surface area contributed by atoms with Crippen LogP contribution in [0.2, 0.25) is 5.02 Å². The Morgan fingerprint density at radius 1 is 1.30 bits per heavy atom. The van der Waals surface area contributed by atoms with E-state index < -0.39 is 21.5 Å². The molecule has 1 saturated heterocycles. The van der Waals surface area contributed by atoms with Gasteiger partial charge in [-0.2, -0.15) is 0 Å². The zero-order valence-corrected chi connectivity index (χ0v) is 20.2. The minimum atomic E-state index is -4.38. The van der Waals surface area contributed by atoms with Gasteiger partial charge in [-0.05, 0) is 49.9 Å². The average Bonchev–Trinajstić information content (AvgIpc) is 2.77. The van der Waals surface area contributed by atoms with Gasteiger partial charge in [0, 0.05) is 29.7 Å². The fourth-order valence-corrected chi connectivity index (χ4v) is 5.47. The molecule has 0 unspecified atom stereocenters. The van der Waals surface area contributed by atoms with Gasteiger partial charge in [0.1, 0.15) is 12.3 Å². The van der Waals surface area contributed by atoms with Gasteiger partial charge in [0.2, 0.25) is 5.91 Å². The monoisotopic (exact) mass is 495 g/mol. The van der Waals surface area contributed by atoms with E-state index in [0.29, 0.717) is 24.6 Å². The Morgan fingerprint density at radius 3 is 2.67 bits per heavy atom. The fraction of sp³-hybridized carbons (Fsp3) is 0.409. The van der Waals surface area contributed by atoms with E-state index in [1.54, 1.807) is 11.0 Å². The van der Waals surface area contributed by atoms with Crippen molar-refractivity contribution < 1.29 is 22.9 Å². The molecule has 0 aliphatic carbocycles. The Labute approximate surface area is 198 Å². The van der Waals surface area contributed by atoms with Crippen molar-refractivity contribution in [2.24, 2.45) is 5.92 Å². The van der Waals surface area contributed by atoms with Gasteiger partial charge in [0.25, 0.3) is 15.7 Å². The van der Waals surface area contributed by atoms with Crippen molar-refractivity contribution in [3.05, 3.63) is 57.1 Å². The summed E-state index contributed by atoms with van der Waals surface area (Å²) in [7, 11) is -3.00. The topological polar surface area (TPSA) is 110 Å². The van der Waals surface area contributed by atoms with E-state index in [4.69, 9.17) is 16.3 Å². The summed E-state index contributed by atoms with van der Waals surface area (Å²) in [5.74, 6) is 0.145. The molecule has 33 heavy (non-hydrogen) atoms. The highest BCUT2D eigenvalue weighted by atomic mass is 35.5. The van der Waals surface area contributed by atoms with Crippen molar-refractivity contribution in [1.29, 1.82) is 0 Å². The van der Waals surface area contributed by atoms with Crippen LogP contribution in [0.25, 0.3) is 0 Å². The zero-order valence-electron chi connectivity index (χ0n) is 18.7. The van der Waals surface area contributed by atoms with E-state index in [2.05, 4.69) is 0 Å². The predicted molar refractivity (Wildman–Crippen MR) is 125 cm³/mol. The standard InChI is InChI=1S/C22H26ClN3O6S/c1-15-5-4-10-24(13-15)22(27)14-25(20-11-17(23)7-9-21(20)32-3)33(30,31)18-8-6-16(2)19(12-18)26(28)29/h6-9,11-12,15H,4-5,10,13-14H2,1-3H3/t15-/m1/s1. The number of piperidine rings is 1. The first-order valence-electron chi connectivity index (χ1n) is 10.4. The lowest BCUT2D eigenvalue weighted by Crippen LogP contribution is -2.46. The lowest BCUT2D eigenvalue weighted by molar-refractivity contribution is -0.385. The number of carbonyl (C=O) groups excluding carboxylic acids is 1. The van der Waals surface area contributed by atoms with Gasteiger partial charge in [-0.25, -0.2) is 8.42 Å². The highest BCUT2D eigenvalue weighted by Gasteiger charge is 2.33. The second-order valence-corrected chi connectivity index (χ2v) is 10.4. The van der Waals surface area contributed by atoms with E-state index in [1.807, 2.05) is 6.92 Å². The highest BCUT2D eigenvalue weighted by Crippen LogP contribution is 2.36. The summed E-state index contributed by atoms with van der Waals surface area (Å²) in [5.41, 5.74) is 0.0705. The molecule has 0 bridgehead atoms. The largest absolute Gasteiger partial charge is 0.495 e. The Bertz CT molecular complexity index is 1170. The number of hydrogen-bond acceptors (Lipinski definition) is 6. The Hall–Kier alpha value is -2.85. The molecule has 2 aromatic carbocycles. The molecule has 0 radical (unpaired) electrons. The minimum absolute atomic E-state index is 0.0756. The summed E-state index contributed by atoms with van der Waals surface area (Å²) in [6.07, 6.45) is 1.84. The first-order chi connectivity index (χ1) is 15.5. The number of ether oxygens (including phenoxy) is 1. The Balaban J connectivity index is 2.10. The van der Waals surface area contributed by atoms with Crippen molar-refractivity contribution in [3.8, 4) is 5.75 Å². The first kappa shape index (κ1) is 24.8. The van der Waals surface area contributed by atoms with Gasteiger partial charge in [-0.3, -0.25) is 19.2 Å². The molecule has 0 aromatic heterocycles. The molecule has 9 nitrogen and oxygen atoms in total. The van der Waals surface area contributed by atoms with E-state index in [9.17, 15) is 23.3 Å². The number of aryl methyl sites for hydroxylation is 1. The lowest BCUT2D eigenvalue weighted by Gasteiger charge is -2.33. The SMILES string of the molecule is COc1ccc(Cl)cc1N(CC(=O)N1CCC[C@@H](C)C1)S(=O)(=O)c1ccc(C)c([N+](=O)[O-])c1. The molecule has 1 fully saturated rings. The van der Waals surface area contributed by atoms with E-state index in [-0.39, 0.29) is 32.9 Å². The minimum Gasteiger partial charge on any atom is -0.495 e. The number of amides is 1. The molecular weight excluding hydrogens is 470 g/mol. The number of hydrogen-bond donors (Lipinski definition) is 0. The predicted octanol–water partition coefficient (Wildman–Crippen LogP) is 4.02. The zero-order chi connectivity index (χ0) is 24.3. The number of nitro benzene ring substituents is 1. The number of sulfonamides is 1. The number of methoxy groups -OCH3 is 1. The summed E-state index contributed by atoms with van der Waals surface area (Å²) in [6.45, 7) is 4.15. The third kappa shape index (κ3) is 5.39. The molecule has 178 valence electrons. The number of anilines is 1. The second-order valence-electron chi connectivity index (χ2n) is 8.12. The number of nitrogens with zero attached hydrogens (tertiary/aromatic N) is 3. The molecule has 0 spiro atoms. The summed E-state index contributed by atoms with van der Waals surface area (Å²) >= 11 is 6.14. The number of carbonyl (C=O) groups is 1. The summed E-state index contributed by atoms with van der Waals surface area (Å²) in [4.78, 5) is 25.3. The molecule has 1 heterocycles. The van der Waals surface area contributed by atoms with Crippen LogP contribution in [0.5, 0.6) is 5.75 Å². The van der Waals surface area contributed by atoms with Crippen LogP contribution >= 0.6 is 11.6 Å². The normalized spacial score (nSPS) is 16.4. The molecule has 1 atom stereocenters. The smallest absolute Gasteiger partial charge is 0.273 e.